The van der Waals surface area contributed by atoms with E-state index < -0.39 is 6.10 Å². The van der Waals surface area contributed by atoms with Crippen LogP contribution in [0.15, 0.2) is 36.9 Å². The molecule has 0 saturated carbocycles. The Morgan fingerprint density at radius 2 is 2.13 bits per heavy atom. The van der Waals surface area contributed by atoms with Gasteiger partial charge in [0, 0.05) is 32.7 Å². The molecule has 1 heterocycles. The van der Waals surface area contributed by atoms with E-state index in [0.29, 0.717) is 25.4 Å². The number of phenolic OH excluding ortho intramolecular Hbond substituents is 1. The van der Waals surface area contributed by atoms with Crippen molar-refractivity contribution in [3.05, 3.63) is 42.5 Å². The second-order valence-electron chi connectivity index (χ2n) is 5.86. The molecule has 1 atom stereocenters. The molecule has 1 aliphatic heterocycles. The first kappa shape index (κ1) is 17.5. The first-order chi connectivity index (χ1) is 11.1. The Kier molecular flexibility index (Phi) is 6.62. The van der Waals surface area contributed by atoms with Crippen molar-refractivity contribution in [3.63, 3.8) is 0 Å². The molecular weight excluding hydrogens is 292 g/mol. The van der Waals surface area contributed by atoms with Crippen molar-refractivity contribution in [2.45, 2.75) is 26.0 Å². The summed E-state index contributed by atoms with van der Waals surface area (Å²) >= 11 is 0. The Balaban J connectivity index is 1.76. The minimum Gasteiger partial charge on any atom is -0.508 e. The molecule has 23 heavy (non-hydrogen) atoms. The summed E-state index contributed by atoms with van der Waals surface area (Å²) in [6.07, 6.45) is 2.15. The van der Waals surface area contributed by atoms with E-state index in [1.54, 1.807) is 18.2 Å². The zero-order chi connectivity index (χ0) is 16.7. The van der Waals surface area contributed by atoms with E-state index in [4.69, 9.17) is 4.74 Å². The first-order valence-electron chi connectivity index (χ1n) is 8.11. The van der Waals surface area contributed by atoms with Gasteiger partial charge >= 0.3 is 0 Å². The highest BCUT2D eigenvalue weighted by Crippen LogP contribution is 2.14. The molecule has 1 N–H and O–H groups in total. The zero-order valence-electron chi connectivity index (χ0n) is 13.8. The van der Waals surface area contributed by atoms with Gasteiger partial charge in [-0.05, 0) is 31.0 Å². The summed E-state index contributed by atoms with van der Waals surface area (Å²) in [6, 6.07) is 7.32. The third-order valence-corrected chi connectivity index (χ3v) is 4.04. The molecule has 0 radical (unpaired) electrons. The second-order valence-corrected chi connectivity index (χ2v) is 5.86. The van der Waals surface area contributed by atoms with Crippen LogP contribution in [0, 0.1) is 0 Å². The lowest BCUT2D eigenvalue weighted by Crippen LogP contribution is -2.51. The van der Waals surface area contributed by atoms with Gasteiger partial charge in [-0.15, -0.1) is 6.58 Å². The minimum absolute atomic E-state index is 0.0612. The van der Waals surface area contributed by atoms with E-state index >= 15 is 0 Å². The highest BCUT2D eigenvalue weighted by atomic mass is 16.5. The number of rotatable bonds is 7. The maximum atomic E-state index is 12.3. The standard InChI is InChI=1S/C18H26N2O3/c1-3-4-12-23-15(2)18(22)20-10-8-19(9-11-20)14-16-6-5-7-17(21)13-16/h3,5-7,13,15,21H,1,4,8-12,14H2,2H3/t15-/m1/s1. The van der Waals surface area contributed by atoms with Crippen molar-refractivity contribution < 1.29 is 14.6 Å². The van der Waals surface area contributed by atoms with E-state index in [1.807, 2.05) is 24.0 Å². The van der Waals surface area contributed by atoms with Gasteiger partial charge in [0.05, 0.1) is 6.61 Å². The molecule has 0 aliphatic carbocycles. The number of nitrogens with zero attached hydrogens (tertiary/aromatic N) is 2. The van der Waals surface area contributed by atoms with Crippen LogP contribution >= 0.6 is 0 Å². The van der Waals surface area contributed by atoms with Crippen LogP contribution in [0.5, 0.6) is 5.75 Å². The molecule has 0 unspecified atom stereocenters. The molecule has 1 amide bonds. The number of ether oxygens (including phenoxy) is 1. The second kappa shape index (κ2) is 8.70. The van der Waals surface area contributed by atoms with Crippen LogP contribution in [0.4, 0.5) is 0 Å². The number of aromatic hydroxyl groups is 1. The van der Waals surface area contributed by atoms with Crippen LogP contribution in [-0.2, 0) is 16.1 Å². The van der Waals surface area contributed by atoms with E-state index in [-0.39, 0.29) is 5.91 Å². The van der Waals surface area contributed by atoms with Crippen LogP contribution in [0.3, 0.4) is 0 Å². The average Bonchev–Trinajstić information content (AvgIpc) is 2.55. The Hall–Kier alpha value is -1.85. The first-order valence-corrected chi connectivity index (χ1v) is 8.11. The van der Waals surface area contributed by atoms with Gasteiger partial charge in [-0.2, -0.15) is 0 Å². The van der Waals surface area contributed by atoms with Crippen molar-refractivity contribution in [1.29, 1.82) is 0 Å². The van der Waals surface area contributed by atoms with Crippen LogP contribution in [0.25, 0.3) is 0 Å². The molecule has 1 saturated heterocycles. The number of hydrogen-bond acceptors (Lipinski definition) is 4. The maximum Gasteiger partial charge on any atom is 0.251 e. The predicted molar refractivity (Wildman–Crippen MR) is 90.2 cm³/mol. The van der Waals surface area contributed by atoms with E-state index in [0.717, 1.165) is 31.6 Å². The summed E-state index contributed by atoms with van der Waals surface area (Å²) in [5, 5.41) is 9.52. The molecule has 1 aromatic rings. The highest BCUT2D eigenvalue weighted by molar-refractivity contribution is 5.80. The summed E-state index contributed by atoms with van der Waals surface area (Å²) in [6.45, 7) is 9.88. The number of amides is 1. The van der Waals surface area contributed by atoms with Crippen LogP contribution in [-0.4, -0.2) is 59.7 Å². The third-order valence-electron chi connectivity index (χ3n) is 4.04. The zero-order valence-corrected chi connectivity index (χ0v) is 13.8. The van der Waals surface area contributed by atoms with Crippen molar-refractivity contribution in [1.82, 2.24) is 9.80 Å². The summed E-state index contributed by atoms with van der Waals surface area (Å²) < 4.78 is 5.53. The van der Waals surface area contributed by atoms with E-state index in [9.17, 15) is 9.90 Å². The Labute approximate surface area is 138 Å². The molecule has 1 fully saturated rings. The van der Waals surface area contributed by atoms with Gasteiger partial charge in [0.1, 0.15) is 11.9 Å². The van der Waals surface area contributed by atoms with Crippen LogP contribution < -0.4 is 0 Å². The van der Waals surface area contributed by atoms with Gasteiger partial charge < -0.3 is 14.7 Å². The van der Waals surface area contributed by atoms with Gasteiger partial charge in [0.2, 0.25) is 0 Å². The number of carbonyl (C=O) groups is 1. The fourth-order valence-corrected chi connectivity index (χ4v) is 2.70. The lowest BCUT2D eigenvalue weighted by molar-refractivity contribution is -0.144. The number of hydrogen-bond donors (Lipinski definition) is 1. The molecule has 1 aliphatic rings. The van der Waals surface area contributed by atoms with Gasteiger partial charge in [-0.3, -0.25) is 9.69 Å². The normalized spacial score (nSPS) is 17.0. The van der Waals surface area contributed by atoms with Gasteiger partial charge in [0.25, 0.3) is 5.91 Å². The van der Waals surface area contributed by atoms with Gasteiger partial charge in [-0.1, -0.05) is 18.2 Å². The van der Waals surface area contributed by atoms with E-state index in [2.05, 4.69) is 11.5 Å². The molecule has 5 nitrogen and oxygen atoms in total. The molecule has 126 valence electrons. The molecule has 0 bridgehead atoms. The number of carbonyl (C=O) groups excluding carboxylic acids is 1. The molecule has 2 rings (SSSR count). The highest BCUT2D eigenvalue weighted by Gasteiger charge is 2.25. The summed E-state index contributed by atoms with van der Waals surface area (Å²) in [4.78, 5) is 16.5. The van der Waals surface area contributed by atoms with Crippen molar-refractivity contribution in [2.75, 3.05) is 32.8 Å². The fourth-order valence-electron chi connectivity index (χ4n) is 2.70. The average molecular weight is 318 g/mol. The Morgan fingerprint density at radius 1 is 1.39 bits per heavy atom. The quantitative estimate of drug-likeness (QED) is 0.617. The number of phenols is 1. The van der Waals surface area contributed by atoms with Crippen LogP contribution in [0.2, 0.25) is 0 Å². The lowest BCUT2D eigenvalue weighted by atomic mass is 10.2. The molecule has 5 heteroatoms. The SMILES string of the molecule is C=CCCO[C@H](C)C(=O)N1CCN(Cc2cccc(O)c2)CC1. The van der Waals surface area contributed by atoms with Crippen molar-refractivity contribution in [2.24, 2.45) is 0 Å². The Morgan fingerprint density at radius 3 is 2.78 bits per heavy atom. The van der Waals surface area contributed by atoms with Gasteiger partial charge in [0.15, 0.2) is 0 Å². The molecule has 0 spiro atoms. The monoisotopic (exact) mass is 318 g/mol. The summed E-state index contributed by atoms with van der Waals surface area (Å²) in [5.41, 5.74) is 1.09. The maximum absolute atomic E-state index is 12.3. The largest absolute Gasteiger partial charge is 0.508 e. The fraction of sp³-hybridized carbons (Fsp3) is 0.500. The molecule has 1 aromatic carbocycles. The number of piperazine rings is 1. The van der Waals surface area contributed by atoms with Gasteiger partial charge in [-0.25, -0.2) is 0 Å². The summed E-state index contributed by atoms with van der Waals surface area (Å²) in [7, 11) is 0. The third kappa shape index (κ3) is 5.37. The smallest absolute Gasteiger partial charge is 0.251 e. The van der Waals surface area contributed by atoms with E-state index in [1.165, 1.54) is 0 Å². The molecular formula is C18H26N2O3. The number of benzene rings is 1. The van der Waals surface area contributed by atoms with Crippen molar-refractivity contribution >= 4 is 5.91 Å². The Bertz CT molecular complexity index is 525. The predicted octanol–water partition coefficient (Wildman–Crippen LogP) is 2.02. The minimum atomic E-state index is -0.396. The topological polar surface area (TPSA) is 53.0 Å². The molecule has 0 aromatic heterocycles. The van der Waals surface area contributed by atoms with Crippen molar-refractivity contribution in [3.8, 4) is 5.75 Å². The summed E-state index contributed by atoms with van der Waals surface area (Å²) in [5.74, 6) is 0.355. The van der Waals surface area contributed by atoms with Crippen LogP contribution in [0.1, 0.15) is 18.9 Å². The lowest BCUT2D eigenvalue weighted by Gasteiger charge is -2.35.